The number of rotatable bonds is 2. The van der Waals surface area contributed by atoms with Crippen LogP contribution in [0.1, 0.15) is 44.9 Å². The highest BCUT2D eigenvalue weighted by Gasteiger charge is 2.54. The molecule has 3 rings (SSSR count). The number of alkyl halides is 1. The zero-order valence-electron chi connectivity index (χ0n) is 11.4. The topological polar surface area (TPSA) is 9.23 Å². The fourth-order valence-electron chi connectivity index (χ4n) is 3.60. The second-order valence-corrected chi connectivity index (χ2v) is 7.99. The van der Waals surface area contributed by atoms with Crippen LogP contribution in [0.2, 0.25) is 0 Å². The summed E-state index contributed by atoms with van der Waals surface area (Å²) < 4.78 is 20.2. The molecule has 2 aliphatic rings. The summed E-state index contributed by atoms with van der Waals surface area (Å²) in [5, 5.41) is 0. The minimum atomic E-state index is -0.257. The van der Waals surface area contributed by atoms with E-state index in [1.54, 1.807) is 6.07 Å². The van der Waals surface area contributed by atoms with Crippen molar-refractivity contribution in [1.29, 1.82) is 0 Å². The van der Waals surface area contributed by atoms with Gasteiger partial charge < -0.3 is 4.74 Å². The van der Waals surface area contributed by atoms with E-state index in [4.69, 9.17) is 4.74 Å². The molecule has 0 N–H and O–H groups in total. The van der Waals surface area contributed by atoms with E-state index in [-0.39, 0.29) is 17.3 Å². The van der Waals surface area contributed by atoms with E-state index in [1.165, 1.54) is 44.6 Å². The fourth-order valence-corrected chi connectivity index (χ4v) is 4.94. The van der Waals surface area contributed by atoms with Crippen molar-refractivity contribution in [3.05, 3.63) is 28.5 Å². The van der Waals surface area contributed by atoms with Crippen LogP contribution in [0.5, 0.6) is 5.75 Å². The van der Waals surface area contributed by atoms with E-state index in [2.05, 4.69) is 31.9 Å². The van der Waals surface area contributed by atoms with Crippen LogP contribution in [0, 0.1) is 11.2 Å². The van der Waals surface area contributed by atoms with Gasteiger partial charge in [-0.15, -0.1) is 0 Å². The summed E-state index contributed by atoms with van der Waals surface area (Å²) in [5.74, 6) is 0.394. The summed E-state index contributed by atoms with van der Waals surface area (Å²) in [6.07, 6.45) is 8.96. The molecule has 0 radical (unpaired) electrons. The average Bonchev–Trinajstić information content (AvgIpc) is 2.70. The van der Waals surface area contributed by atoms with Gasteiger partial charge in [0.05, 0.1) is 4.47 Å². The van der Waals surface area contributed by atoms with Crippen molar-refractivity contribution < 1.29 is 9.13 Å². The van der Waals surface area contributed by atoms with Crippen molar-refractivity contribution in [2.45, 2.75) is 55.9 Å². The van der Waals surface area contributed by atoms with Gasteiger partial charge in [-0.3, -0.25) is 0 Å². The molecule has 0 bridgehead atoms. The van der Waals surface area contributed by atoms with Crippen molar-refractivity contribution in [3.8, 4) is 5.75 Å². The maximum absolute atomic E-state index is 13.6. The van der Waals surface area contributed by atoms with Gasteiger partial charge in [0, 0.05) is 16.3 Å². The zero-order valence-corrected chi connectivity index (χ0v) is 14.6. The minimum absolute atomic E-state index is 0.227. The quantitative estimate of drug-likeness (QED) is 0.561. The molecule has 2 saturated carbocycles. The molecule has 0 heterocycles. The summed E-state index contributed by atoms with van der Waals surface area (Å²) >= 11 is 7.01. The molecule has 1 aromatic carbocycles. The van der Waals surface area contributed by atoms with Crippen LogP contribution < -0.4 is 4.74 Å². The van der Waals surface area contributed by atoms with Crippen LogP contribution in [-0.4, -0.2) is 10.9 Å². The Hall–Kier alpha value is -0.0900. The standard InChI is InChI=1S/C16H19Br2FO/c17-12-6-5-11(9-13(12)19)20-15-10-14(18)16(15)7-3-1-2-4-8-16/h5-6,9,14-15H,1-4,7-8,10H2. The Morgan fingerprint density at radius 3 is 2.45 bits per heavy atom. The van der Waals surface area contributed by atoms with Gasteiger partial charge in [-0.05, 0) is 47.3 Å². The van der Waals surface area contributed by atoms with Crippen molar-refractivity contribution in [2.24, 2.45) is 5.41 Å². The van der Waals surface area contributed by atoms with E-state index < -0.39 is 0 Å². The Balaban J connectivity index is 1.75. The van der Waals surface area contributed by atoms with E-state index in [9.17, 15) is 4.39 Å². The molecule has 2 unspecified atom stereocenters. The molecule has 0 amide bonds. The molecular formula is C16H19Br2FO. The van der Waals surface area contributed by atoms with Crippen molar-refractivity contribution in [2.75, 3.05) is 0 Å². The molecule has 1 aromatic rings. The summed E-state index contributed by atoms with van der Waals surface area (Å²) in [6.45, 7) is 0. The smallest absolute Gasteiger partial charge is 0.141 e. The third-order valence-corrected chi connectivity index (χ3v) is 6.82. The van der Waals surface area contributed by atoms with Crippen LogP contribution >= 0.6 is 31.9 Å². The Labute approximate surface area is 136 Å². The van der Waals surface area contributed by atoms with Gasteiger partial charge >= 0.3 is 0 Å². The summed E-state index contributed by atoms with van der Waals surface area (Å²) in [5.41, 5.74) is 0.264. The number of halogens is 3. The third-order valence-electron chi connectivity index (χ3n) is 4.89. The highest BCUT2D eigenvalue weighted by Crippen LogP contribution is 2.55. The van der Waals surface area contributed by atoms with Gasteiger partial charge in [0.1, 0.15) is 17.7 Å². The average molecular weight is 406 g/mol. The molecule has 0 aliphatic heterocycles. The van der Waals surface area contributed by atoms with Gasteiger partial charge in [-0.1, -0.05) is 41.6 Å². The summed E-state index contributed by atoms with van der Waals surface area (Å²) in [7, 11) is 0. The first-order valence-corrected chi connectivity index (χ1v) is 9.08. The monoisotopic (exact) mass is 404 g/mol. The summed E-state index contributed by atoms with van der Waals surface area (Å²) in [6, 6.07) is 5.05. The van der Waals surface area contributed by atoms with E-state index in [1.807, 2.05) is 6.07 Å². The largest absolute Gasteiger partial charge is 0.490 e. The van der Waals surface area contributed by atoms with Crippen molar-refractivity contribution >= 4 is 31.9 Å². The Bertz CT molecular complexity index is 483. The molecule has 2 fully saturated rings. The number of benzene rings is 1. The molecule has 2 atom stereocenters. The second-order valence-electron chi connectivity index (χ2n) is 6.03. The molecule has 20 heavy (non-hydrogen) atoms. The number of hydrogen-bond donors (Lipinski definition) is 0. The van der Waals surface area contributed by atoms with Gasteiger partial charge in [0.15, 0.2) is 0 Å². The molecule has 4 heteroatoms. The summed E-state index contributed by atoms with van der Waals surface area (Å²) in [4.78, 5) is 0.554. The molecule has 1 spiro atoms. The lowest BCUT2D eigenvalue weighted by atomic mass is 9.61. The Morgan fingerprint density at radius 2 is 1.85 bits per heavy atom. The zero-order chi connectivity index (χ0) is 14.2. The maximum atomic E-state index is 13.6. The van der Waals surface area contributed by atoms with Gasteiger partial charge in [0.25, 0.3) is 0 Å². The lowest BCUT2D eigenvalue weighted by Gasteiger charge is -2.53. The highest BCUT2D eigenvalue weighted by atomic mass is 79.9. The van der Waals surface area contributed by atoms with Gasteiger partial charge in [-0.2, -0.15) is 0 Å². The first kappa shape index (κ1) is 14.8. The number of ether oxygens (including phenoxy) is 1. The third kappa shape index (κ3) is 2.66. The van der Waals surface area contributed by atoms with Crippen molar-refractivity contribution in [1.82, 2.24) is 0 Å². The van der Waals surface area contributed by atoms with E-state index in [0.29, 0.717) is 15.0 Å². The highest BCUT2D eigenvalue weighted by molar-refractivity contribution is 9.10. The fraction of sp³-hybridized carbons (Fsp3) is 0.625. The predicted molar refractivity (Wildman–Crippen MR) is 86.0 cm³/mol. The maximum Gasteiger partial charge on any atom is 0.141 e. The molecule has 110 valence electrons. The minimum Gasteiger partial charge on any atom is -0.490 e. The lowest BCUT2D eigenvalue weighted by Crippen LogP contribution is -2.56. The number of hydrogen-bond acceptors (Lipinski definition) is 1. The van der Waals surface area contributed by atoms with Gasteiger partial charge in [0.2, 0.25) is 0 Å². The normalized spacial score (nSPS) is 28.8. The van der Waals surface area contributed by atoms with Crippen LogP contribution in [0.3, 0.4) is 0 Å². The Morgan fingerprint density at radius 1 is 1.15 bits per heavy atom. The van der Waals surface area contributed by atoms with Crippen molar-refractivity contribution in [3.63, 3.8) is 0 Å². The molecule has 1 nitrogen and oxygen atoms in total. The second kappa shape index (κ2) is 5.96. The predicted octanol–water partition coefficient (Wildman–Crippen LogP) is 5.84. The molecule has 2 aliphatic carbocycles. The molecular weight excluding hydrogens is 387 g/mol. The molecule has 0 aromatic heterocycles. The lowest BCUT2D eigenvalue weighted by molar-refractivity contribution is -0.0463. The molecule has 0 saturated heterocycles. The van der Waals surface area contributed by atoms with Crippen LogP contribution in [0.4, 0.5) is 4.39 Å². The first-order valence-electron chi connectivity index (χ1n) is 7.37. The van der Waals surface area contributed by atoms with Crippen LogP contribution in [-0.2, 0) is 0 Å². The SMILES string of the molecule is Fc1cc(OC2CC(Br)C23CCCCCC3)ccc1Br. The van der Waals surface area contributed by atoms with E-state index in [0.717, 1.165) is 6.42 Å². The van der Waals surface area contributed by atoms with Crippen LogP contribution in [0.15, 0.2) is 22.7 Å². The first-order chi connectivity index (χ1) is 9.62. The van der Waals surface area contributed by atoms with Crippen LogP contribution in [0.25, 0.3) is 0 Å². The van der Waals surface area contributed by atoms with Gasteiger partial charge in [-0.25, -0.2) is 4.39 Å². The Kier molecular flexibility index (Phi) is 4.42. The van der Waals surface area contributed by atoms with E-state index >= 15 is 0 Å².